The van der Waals surface area contributed by atoms with Gasteiger partial charge in [-0.25, -0.2) is 0 Å². The highest BCUT2D eigenvalue weighted by Crippen LogP contribution is 2.34. The number of hydrogen-bond acceptors (Lipinski definition) is 4. The molecule has 6 heteroatoms. The number of carbonyl (C=O) groups excluding carboxylic acids is 2. The minimum absolute atomic E-state index is 0.0327. The van der Waals surface area contributed by atoms with E-state index < -0.39 is 0 Å². The van der Waals surface area contributed by atoms with Crippen LogP contribution in [0.15, 0.2) is 53.4 Å². The summed E-state index contributed by atoms with van der Waals surface area (Å²) < 4.78 is 0. The minimum atomic E-state index is -0.127. The molecule has 1 aliphatic rings. The van der Waals surface area contributed by atoms with E-state index in [1.165, 1.54) is 11.8 Å². The van der Waals surface area contributed by atoms with Crippen LogP contribution in [0.2, 0.25) is 0 Å². The summed E-state index contributed by atoms with van der Waals surface area (Å²) in [6, 6.07) is 14.4. The van der Waals surface area contributed by atoms with Gasteiger partial charge in [0.25, 0.3) is 0 Å². The molecule has 1 aliphatic heterocycles. The standard InChI is InChI=1S/C18H18N2O3S/c1-19(10-13-6-8-14(21)9-7-13)17(22)11-20-15-4-2-3-5-16(15)24-12-18(20)23/h2-9,21H,10-12H2,1H3. The third kappa shape index (κ3) is 3.54. The Kier molecular flexibility index (Phi) is 4.76. The normalized spacial score (nSPS) is 13.5. The van der Waals surface area contributed by atoms with Gasteiger partial charge in [0.15, 0.2) is 0 Å². The van der Waals surface area contributed by atoms with Crippen molar-refractivity contribution in [2.75, 3.05) is 24.2 Å². The highest BCUT2D eigenvalue weighted by molar-refractivity contribution is 8.00. The van der Waals surface area contributed by atoms with Crippen LogP contribution in [0.5, 0.6) is 5.75 Å². The van der Waals surface area contributed by atoms with Crippen LogP contribution in [0.3, 0.4) is 0 Å². The maximum absolute atomic E-state index is 12.5. The molecule has 0 bridgehead atoms. The molecule has 124 valence electrons. The predicted octanol–water partition coefficient (Wildman–Crippen LogP) is 2.49. The van der Waals surface area contributed by atoms with Crippen molar-refractivity contribution in [1.29, 1.82) is 0 Å². The first-order valence-electron chi connectivity index (χ1n) is 7.58. The Balaban J connectivity index is 1.70. The number of rotatable bonds is 4. The molecule has 0 aromatic heterocycles. The van der Waals surface area contributed by atoms with Gasteiger partial charge < -0.3 is 14.9 Å². The van der Waals surface area contributed by atoms with Gasteiger partial charge in [-0.15, -0.1) is 11.8 Å². The Morgan fingerprint density at radius 2 is 1.92 bits per heavy atom. The Bertz CT molecular complexity index is 761. The number of amides is 2. The topological polar surface area (TPSA) is 60.9 Å². The van der Waals surface area contributed by atoms with Crippen LogP contribution in [-0.2, 0) is 16.1 Å². The molecular weight excluding hydrogens is 324 g/mol. The molecule has 5 nitrogen and oxygen atoms in total. The van der Waals surface area contributed by atoms with E-state index in [-0.39, 0.29) is 24.1 Å². The van der Waals surface area contributed by atoms with Crippen molar-refractivity contribution in [3.63, 3.8) is 0 Å². The number of para-hydroxylation sites is 1. The Morgan fingerprint density at radius 1 is 1.21 bits per heavy atom. The number of carbonyl (C=O) groups is 2. The number of fused-ring (bicyclic) bond motifs is 1. The lowest BCUT2D eigenvalue weighted by molar-refractivity contribution is -0.130. The Morgan fingerprint density at radius 3 is 2.67 bits per heavy atom. The SMILES string of the molecule is CN(Cc1ccc(O)cc1)C(=O)CN1C(=O)CSc2ccccc21. The molecule has 2 aromatic carbocycles. The first-order valence-corrected chi connectivity index (χ1v) is 8.57. The molecule has 0 fully saturated rings. The molecule has 0 atom stereocenters. The fourth-order valence-electron chi connectivity index (χ4n) is 2.55. The first-order chi connectivity index (χ1) is 11.5. The number of phenols is 1. The van der Waals surface area contributed by atoms with Crippen molar-refractivity contribution >= 4 is 29.3 Å². The van der Waals surface area contributed by atoms with E-state index in [0.29, 0.717) is 12.3 Å². The molecule has 1 N–H and O–H groups in total. The van der Waals surface area contributed by atoms with Gasteiger partial charge in [-0.3, -0.25) is 9.59 Å². The van der Waals surface area contributed by atoms with Gasteiger partial charge in [-0.1, -0.05) is 24.3 Å². The smallest absolute Gasteiger partial charge is 0.242 e. The van der Waals surface area contributed by atoms with Crippen LogP contribution in [0.25, 0.3) is 0 Å². The number of hydrogen-bond donors (Lipinski definition) is 1. The monoisotopic (exact) mass is 342 g/mol. The summed E-state index contributed by atoms with van der Waals surface area (Å²) in [5.74, 6) is 0.371. The summed E-state index contributed by atoms with van der Waals surface area (Å²) in [5.41, 5.74) is 1.72. The fourth-order valence-corrected chi connectivity index (χ4v) is 3.48. The second-order valence-electron chi connectivity index (χ2n) is 5.65. The number of phenolic OH excluding ortho intramolecular Hbond substituents is 1. The molecule has 3 rings (SSSR count). The van der Waals surface area contributed by atoms with Gasteiger partial charge >= 0.3 is 0 Å². The lowest BCUT2D eigenvalue weighted by Gasteiger charge is -2.30. The van der Waals surface area contributed by atoms with Crippen LogP contribution >= 0.6 is 11.8 Å². The number of likely N-dealkylation sites (N-methyl/N-ethyl adjacent to an activating group) is 1. The minimum Gasteiger partial charge on any atom is -0.508 e. The lowest BCUT2D eigenvalue weighted by atomic mass is 10.2. The van der Waals surface area contributed by atoms with Crippen LogP contribution < -0.4 is 4.90 Å². The van der Waals surface area contributed by atoms with Crippen molar-refractivity contribution in [2.24, 2.45) is 0 Å². The number of aromatic hydroxyl groups is 1. The van der Waals surface area contributed by atoms with Crippen LogP contribution in [0.1, 0.15) is 5.56 Å². The fraction of sp³-hybridized carbons (Fsp3) is 0.222. The quantitative estimate of drug-likeness (QED) is 0.927. The van der Waals surface area contributed by atoms with Gasteiger partial charge in [0.05, 0.1) is 11.4 Å². The number of thioether (sulfide) groups is 1. The van der Waals surface area contributed by atoms with E-state index in [1.54, 1.807) is 41.1 Å². The summed E-state index contributed by atoms with van der Waals surface area (Å²) in [6.07, 6.45) is 0. The van der Waals surface area contributed by atoms with Gasteiger partial charge in [0, 0.05) is 18.5 Å². The zero-order valence-corrected chi connectivity index (χ0v) is 14.1. The van der Waals surface area contributed by atoms with Crippen molar-refractivity contribution in [3.8, 4) is 5.75 Å². The molecule has 0 aliphatic carbocycles. The molecule has 0 saturated carbocycles. The van der Waals surface area contributed by atoms with Crippen molar-refractivity contribution in [3.05, 3.63) is 54.1 Å². The van der Waals surface area contributed by atoms with Crippen LogP contribution in [0, 0.1) is 0 Å². The van der Waals surface area contributed by atoms with E-state index in [2.05, 4.69) is 0 Å². The number of benzene rings is 2. The van der Waals surface area contributed by atoms with E-state index in [1.807, 2.05) is 24.3 Å². The zero-order valence-electron chi connectivity index (χ0n) is 13.3. The molecular formula is C18H18N2O3S. The third-order valence-electron chi connectivity index (χ3n) is 3.88. The second-order valence-corrected chi connectivity index (χ2v) is 6.67. The summed E-state index contributed by atoms with van der Waals surface area (Å²) in [6.45, 7) is 0.461. The Labute approximate surface area is 144 Å². The van der Waals surface area contributed by atoms with Crippen LogP contribution in [0.4, 0.5) is 5.69 Å². The summed E-state index contributed by atoms with van der Waals surface area (Å²) >= 11 is 1.50. The lowest BCUT2D eigenvalue weighted by Crippen LogP contribution is -2.43. The molecule has 0 saturated heterocycles. The molecule has 2 amide bonds. The van der Waals surface area contributed by atoms with Crippen molar-refractivity contribution in [1.82, 2.24) is 4.90 Å². The average molecular weight is 342 g/mol. The molecule has 0 radical (unpaired) electrons. The number of nitrogens with zero attached hydrogens (tertiary/aromatic N) is 2. The highest BCUT2D eigenvalue weighted by atomic mass is 32.2. The Hall–Kier alpha value is -2.47. The van der Waals surface area contributed by atoms with E-state index in [9.17, 15) is 14.7 Å². The maximum atomic E-state index is 12.5. The summed E-state index contributed by atoms with van der Waals surface area (Å²) in [7, 11) is 1.71. The van der Waals surface area contributed by atoms with Gasteiger partial charge in [-0.05, 0) is 29.8 Å². The first kappa shape index (κ1) is 16.4. The molecule has 2 aromatic rings. The van der Waals surface area contributed by atoms with Crippen molar-refractivity contribution < 1.29 is 14.7 Å². The zero-order chi connectivity index (χ0) is 17.1. The van der Waals surface area contributed by atoms with E-state index >= 15 is 0 Å². The van der Waals surface area contributed by atoms with Gasteiger partial charge in [0.2, 0.25) is 11.8 Å². The van der Waals surface area contributed by atoms with Gasteiger partial charge in [-0.2, -0.15) is 0 Å². The highest BCUT2D eigenvalue weighted by Gasteiger charge is 2.27. The maximum Gasteiger partial charge on any atom is 0.242 e. The third-order valence-corrected chi connectivity index (χ3v) is 4.93. The second kappa shape index (κ2) is 6.97. The molecule has 1 heterocycles. The van der Waals surface area contributed by atoms with E-state index in [0.717, 1.165) is 16.1 Å². The predicted molar refractivity (Wildman–Crippen MR) is 94.1 cm³/mol. The number of anilines is 1. The van der Waals surface area contributed by atoms with Crippen LogP contribution in [-0.4, -0.2) is 41.2 Å². The van der Waals surface area contributed by atoms with Crippen molar-refractivity contribution in [2.45, 2.75) is 11.4 Å². The molecule has 0 unspecified atom stereocenters. The molecule has 24 heavy (non-hydrogen) atoms. The molecule has 0 spiro atoms. The van der Waals surface area contributed by atoms with E-state index in [4.69, 9.17) is 0 Å². The summed E-state index contributed by atoms with van der Waals surface area (Å²) in [4.78, 5) is 28.9. The largest absolute Gasteiger partial charge is 0.508 e. The van der Waals surface area contributed by atoms with Gasteiger partial charge in [0.1, 0.15) is 12.3 Å². The average Bonchev–Trinajstić information content (AvgIpc) is 2.59. The summed E-state index contributed by atoms with van der Waals surface area (Å²) in [5, 5.41) is 9.31.